The minimum absolute atomic E-state index is 0.114. The molecule has 0 spiro atoms. The predicted molar refractivity (Wildman–Crippen MR) is 144 cm³/mol. The molecular weight excluding hydrogens is 470 g/mol. The molecule has 1 aliphatic rings. The smallest absolute Gasteiger partial charge is 0.331 e. The van der Waals surface area contributed by atoms with Crippen LogP contribution in [0.3, 0.4) is 0 Å². The molecular formula is C30H29NO4S. The molecule has 3 aromatic rings. The van der Waals surface area contributed by atoms with Crippen molar-refractivity contribution in [1.82, 2.24) is 0 Å². The fourth-order valence-electron chi connectivity index (χ4n) is 4.73. The zero-order valence-corrected chi connectivity index (χ0v) is 21.1. The van der Waals surface area contributed by atoms with Crippen molar-refractivity contribution in [2.75, 3.05) is 0 Å². The van der Waals surface area contributed by atoms with E-state index in [0.717, 1.165) is 21.6 Å². The van der Waals surface area contributed by atoms with Gasteiger partial charge in [-0.2, -0.15) is 0 Å². The van der Waals surface area contributed by atoms with Crippen LogP contribution in [0.1, 0.15) is 35.6 Å². The molecule has 3 aromatic carbocycles. The van der Waals surface area contributed by atoms with Crippen molar-refractivity contribution >= 4 is 23.7 Å². The Bertz CT molecular complexity index is 1370. The summed E-state index contributed by atoms with van der Waals surface area (Å²) in [7, 11) is 0. The molecule has 0 bridgehead atoms. The van der Waals surface area contributed by atoms with E-state index >= 15 is 0 Å². The number of hydrogen-bond donors (Lipinski definition) is 3. The SMILES string of the molecule is CC1=C(C(=O)O)CC(C(=O)O)(c2cccc(CN)c2CSc2ccc(-c3ccccc3C)cc2)C=C1. The van der Waals surface area contributed by atoms with Crippen molar-refractivity contribution in [2.24, 2.45) is 5.73 Å². The molecule has 0 aliphatic heterocycles. The highest BCUT2D eigenvalue weighted by Gasteiger charge is 2.43. The molecule has 1 unspecified atom stereocenters. The number of allylic oxidation sites excluding steroid dienone is 2. The summed E-state index contributed by atoms with van der Waals surface area (Å²) < 4.78 is 0. The van der Waals surface area contributed by atoms with Gasteiger partial charge in [0.25, 0.3) is 0 Å². The highest BCUT2D eigenvalue weighted by molar-refractivity contribution is 7.98. The third-order valence-electron chi connectivity index (χ3n) is 6.86. The zero-order valence-electron chi connectivity index (χ0n) is 20.3. The summed E-state index contributed by atoms with van der Waals surface area (Å²) in [6.07, 6.45) is 3.12. The molecule has 0 aromatic heterocycles. The number of nitrogens with two attached hydrogens (primary N) is 1. The number of thioether (sulfide) groups is 1. The van der Waals surface area contributed by atoms with Crippen LogP contribution in [0, 0.1) is 6.92 Å². The molecule has 1 aliphatic carbocycles. The van der Waals surface area contributed by atoms with Crippen LogP contribution in [0.4, 0.5) is 0 Å². The summed E-state index contributed by atoms with van der Waals surface area (Å²) in [6, 6.07) is 22.1. The van der Waals surface area contributed by atoms with Gasteiger partial charge in [0.05, 0.1) is 0 Å². The van der Waals surface area contributed by atoms with Gasteiger partial charge < -0.3 is 15.9 Å². The highest BCUT2D eigenvalue weighted by atomic mass is 32.2. The third-order valence-corrected chi connectivity index (χ3v) is 7.89. The first-order valence-electron chi connectivity index (χ1n) is 11.7. The predicted octanol–water partition coefficient (Wildman–Crippen LogP) is 6.10. The van der Waals surface area contributed by atoms with E-state index in [-0.39, 0.29) is 18.5 Å². The topological polar surface area (TPSA) is 101 Å². The first-order valence-corrected chi connectivity index (χ1v) is 12.7. The summed E-state index contributed by atoms with van der Waals surface area (Å²) >= 11 is 1.61. The van der Waals surface area contributed by atoms with Gasteiger partial charge in [-0.1, -0.05) is 66.7 Å². The quantitative estimate of drug-likeness (QED) is 0.324. The Labute approximate surface area is 215 Å². The van der Waals surface area contributed by atoms with Crippen LogP contribution in [0.15, 0.2) is 94.9 Å². The minimum Gasteiger partial charge on any atom is -0.480 e. The van der Waals surface area contributed by atoms with E-state index in [2.05, 4.69) is 43.3 Å². The van der Waals surface area contributed by atoms with Gasteiger partial charge in [-0.05, 0) is 64.9 Å². The fourth-order valence-corrected chi connectivity index (χ4v) is 5.71. The Hall–Kier alpha value is -3.61. The van der Waals surface area contributed by atoms with Crippen LogP contribution < -0.4 is 5.73 Å². The monoisotopic (exact) mass is 499 g/mol. The van der Waals surface area contributed by atoms with Gasteiger partial charge in [0.15, 0.2) is 0 Å². The number of benzene rings is 3. The van der Waals surface area contributed by atoms with E-state index in [1.807, 2.05) is 18.2 Å². The van der Waals surface area contributed by atoms with Crippen LogP contribution >= 0.6 is 11.8 Å². The normalized spacial score (nSPS) is 17.3. The number of rotatable bonds is 8. The minimum atomic E-state index is -1.47. The number of aryl methyl sites for hydroxylation is 1. The average Bonchev–Trinajstić information content (AvgIpc) is 2.88. The Balaban J connectivity index is 1.67. The van der Waals surface area contributed by atoms with E-state index in [1.165, 1.54) is 11.1 Å². The number of carboxylic acids is 2. The lowest BCUT2D eigenvalue weighted by molar-refractivity contribution is -0.142. The van der Waals surface area contributed by atoms with Gasteiger partial charge >= 0.3 is 11.9 Å². The van der Waals surface area contributed by atoms with Gasteiger partial charge in [0, 0.05) is 29.2 Å². The standard InChI is InChI=1S/C30H29NO4S/c1-19-6-3-4-8-24(19)21-10-12-23(13-11-21)36-18-26-22(17-31)7-5-9-27(26)30(29(34)35)15-14-20(2)25(16-30)28(32)33/h3-15H,16-18,31H2,1-2H3,(H,32,33)(H,34,35). The maximum Gasteiger partial charge on any atom is 0.331 e. The molecule has 184 valence electrons. The molecule has 6 heteroatoms. The average molecular weight is 500 g/mol. The zero-order chi connectivity index (χ0) is 25.9. The first kappa shape index (κ1) is 25.5. The molecule has 0 heterocycles. The van der Waals surface area contributed by atoms with Crippen LogP contribution in [0.2, 0.25) is 0 Å². The van der Waals surface area contributed by atoms with Crippen LogP contribution in [0.5, 0.6) is 0 Å². The molecule has 0 saturated heterocycles. The molecule has 0 saturated carbocycles. The highest BCUT2D eigenvalue weighted by Crippen LogP contribution is 2.42. The van der Waals surface area contributed by atoms with Crippen molar-refractivity contribution in [2.45, 2.75) is 42.9 Å². The number of carbonyl (C=O) groups is 2. The Morgan fingerprint density at radius 1 is 0.972 bits per heavy atom. The van der Waals surface area contributed by atoms with Crippen molar-refractivity contribution in [3.8, 4) is 11.1 Å². The summed E-state index contributed by atoms with van der Waals surface area (Å²) in [5.41, 5.74) is 11.1. The van der Waals surface area contributed by atoms with Gasteiger partial charge in [0.1, 0.15) is 5.41 Å². The van der Waals surface area contributed by atoms with E-state index in [4.69, 9.17) is 5.73 Å². The number of hydrogen-bond acceptors (Lipinski definition) is 4. The summed E-state index contributed by atoms with van der Waals surface area (Å²) in [5.74, 6) is -1.66. The van der Waals surface area contributed by atoms with E-state index < -0.39 is 17.4 Å². The summed E-state index contributed by atoms with van der Waals surface area (Å²) in [5, 5.41) is 20.1. The molecule has 0 radical (unpaired) electrons. The second kappa shape index (κ2) is 10.6. The molecule has 36 heavy (non-hydrogen) atoms. The largest absolute Gasteiger partial charge is 0.480 e. The van der Waals surface area contributed by atoms with Crippen LogP contribution in [-0.2, 0) is 27.3 Å². The number of carboxylic acid groups (broad SMARTS) is 2. The van der Waals surface area contributed by atoms with Crippen LogP contribution in [0.25, 0.3) is 11.1 Å². The van der Waals surface area contributed by atoms with E-state index in [1.54, 1.807) is 43.0 Å². The van der Waals surface area contributed by atoms with E-state index in [0.29, 0.717) is 16.9 Å². The molecule has 4 rings (SSSR count). The summed E-state index contributed by atoms with van der Waals surface area (Å²) in [6.45, 7) is 4.04. The van der Waals surface area contributed by atoms with E-state index in [9.17, 15) is 19.8 Å². The van der Waals surface area contributed by atoms with Gasteiger partial charge in [0.2, 0.25) is 0 Å². The second-order valence-electron chi connectivity index (χ2n) is 9.03. The maximum atomic E-state index is 12.7. The second-order valence-corrected chi connectivity index (χ2v) is 10.1. The third kappa shape index (κ3) is 4.87. The molecule has 5 nitrogen and oxygen atoms in total. The fraction of sp³-hybridized carbons (Fsp3) is 0.200. The summed E-state index contributed by atoms with van der Waals surface area (Å²) in [4.78, 5) is 25.6. The van der Waals surface area contributed by atoms with Gasteiger partial charge in [-0.15, -0.1) is 11.8 Å². The molecule has 0 fully saturated rings. The lowest BCUT2D eigenvalue weighted by atomic mass is 9.69. The van der Waals surface area contributed by atoms with Crippen molar-refractivity contribution < 1.29 is 19.8 Å². The van der Waals surface area contributed by atoms with Crippen molar-refractivity contribution in [3.05, 3.63) is 112 Å². The van der Waals surface area contributed by atoms with Crippen molar-refractivity contribution in [3.63, 3.8) is 0 Å². The van der Waals surface area contributed by atoms with Crippen molar-refractivity contribution in [1.29, 1.82) is 0 Å². The first-order chi connectivity index (χ1) is 17.3. The Kier molecular flexibility index (Phi) is 7.48. The lowest BCUT2D eigenvalue weighted by Gasteiger charge is -2.33. The van der Waals surface area contributed by atoms with Gasteiger partial charge in [-0.3, -0.25) is 4.79 Å². The Morgan fingerprint density at radius 2 is 1.69 bits per heavy atom. The number of aliphatic carboxylic acids is 2. The molecule has 0 amide bonds. The Morgan fingerprint density at radius 3 is 2.33 bits per heavy atom. The maximum absolute atomic E-state index is 12.7. The van der Waals surface area contributed by atoms with Crippen LogP contribution in [-0.4, -0.2) is 22.2 Å². The lowest BCUT2D eigenvalue weighted by Crippen LogP contribution is -2.38. The molecule has 1 atom stereocenters. The molecule has 4 N–H and O–H groups in total. The van der Waals surface area contributed by atoms with Gasteiger partial charge in [-0.25, -0.2) is 4.79 Å².